The number of rotatable bonds is 6. The number of aromatic carboxylic acids is 1. The molecule has 2 rings (SSSR count). The summed E-state index contributed by atoms with van der Waals surface area (Å²) in [6.45, 7) is 3.72. The minimum Gasteiger partial charge on any atom is -0.545 e. The molecule has 0 saturated carbocycles. The van der Waals surface area contributed by atoms with Gasteiger partial charge in [-0.25, -0.2) is 0 Å². The van der Waals surface area contributed by atoms with Crippen molar-refractivity contribution in [2.24, 2.45) is 11.8 Å². The SMILES string of the molecule is CC[C@H](C)OC(=O)[C@H]1CC=CC[C@@H]1C(=O)Nc1ccccc1C(=O)[O-]. The molecule has 134 valence electrons. The minimum absolute atomic E-state index is 0.0964. The van der Waals surface area contributed by atoms with Crippen molar-refractivity contribution in [3.8, 4) is 0 Å². The fourth-order valence-corrected chi connectivity index (χ4v) is 2.73. The van der Waals surface area contributed by atoms with Crippen molar-refractivity contribution in [1.29, 1.82) is 0 Å². The Labute approximate surface area is 146 Å². The molecule has 0 saturated heterocycles. The molecule has 1 aromatic carbocycles. The van der Waals surface area contributed by atoms with Crippen molar-refractivity contribution in [3.05, 3.63) is 42.0 Å². The number of carbonyl (C=O) groups excluding carboxylic acids is 3. The van der Waals surface area contributed by atoms with Crippen LogP contribution in [-0.4, -0.2) is 23.9 Å². The fourth-order valence-electron chi connectivity index (χ4n) is 2.73. The van der Waals surface area contributed by atoms with Crippen molar-refractivity contribution >= 4 is 23.5 Å². The minimum atomic E-state index is -1.37. The van der Waals surface area contributed by atoms with E-state index in [1.807, 2.05) is 26.0 Å². The van der Waals surface area contributed by atoms with Crippen LogP contribution < -0.4 is 10.4 Å². The van der Waals surface area contributed by atoms with Crippen LogP contribution in [0.5, 0.6) is 0 Å². The quantitative estimate of drug-likeness (QED) is 0.628. The average Bonchev–Trinajstić information content (AvgIpc) is 2.61. The second kappa shape index (κ2) is 8.46. The van der Waals surface area contributed by atoms with E-state index in [2.05, 4.69) is 5.32 Å². The number of para-hydroxylation sites is 1. The summed E-state index contributed by atoms with van der Waals surface area (Å²) in [5, 5.41) is 13.8. The predicted octanol–water partition coefficient (Wildman–Crippen LogP) is 1.91. The number of anilines is 1. The smallest absolute Gasteiger partial charge is 0.310 e. The number of allylic oxidation sites excluding steroid dienone is 2. The van der Waals surface area contributed by atoms with Crippen LogP contribution in [0.3, 0.4) is 0 Å². The van der Waals surface area contributed by atoms with E-state index in [0.717, 1.165) is 0 Å². The van der Waals surface area contributed by atoms with Gasteiger partial charge in [-0.05, 0) is 32.3 Å². The van der Waals surface area contributed by atoms with E-state index >= 15 is 0 Å². The van der Waals surface area contributed by atoms with Gasteiger partial charge < -0.3 is 20.0 Å². The maximum atomic E-state index is 12.6. The van der Waals surface area contributed by atoms with Crippen LogP contribution in [0.25, 0.3) is 0 Å². The first kappa shape index (κ1) is 18.7. The van der Waals surface area contributed by atoms with Crippen molar-refractivity contribution in [2.45, 2.75) is 39.2 Å². The van der Waals surface area contributed by atoms with Gasteiger partial charge in [-0.3, -0.25) is 9.59 Å². The summed E-state index contributed by atoms with van der Waals surface area (Å²) in [7, 11) is 0. The molecule has 0 unspecified atom stereocenters. The average molecular weight is 344 g/mol. The lowest BCUT2D eigenvalue weighted by molar-refractivity contribution is -0.254. The van der Waals surface area contributed by atoms with Gasteiger partial charge >= 0.3 is 5.97 Å². The van der Waals surface area contributed by atoms with E-state index in [9.17, 15) is 19.5 Å². The molecule has 6 heteroatoms. The van der Waals surface area contributed by atoms with Gasteiger partial charge in [-0.2, -0.15) is 0 Å². The summed E-state index contributed by atoms with van der Waals surface area (Å²) in [6, 6.07) is 6.03. The molecule has 1 aliphatic carbocycles. The molecule has 1 aliphatic rings. The maximum Gasteiger partial charge on any atom is 0.310 e. The summed E-state index contributed by atoms with van der Waals surface area (Å²) >= 11 is 0. The summed E-state index contributed by atoms with van der Waals surface area (Å²) < 4.78 is 5.37. The fraction of sp³-hybridized carbons (Fsp3) is 0.421. The first-order valence-electron chi connectivity index (χ1n) is 8.40. The third-order valence-electron chi connectivity index (χ3n) is 4.37. The molecule has 1 aromatic rings. The molecule has 25 heavy (non-hydrogen) atoms. The number of ether oxygens (including phenoxy) is 1. The first-order chi connectivity index (χ1) is 11.9. The zero-order valence-electron chi connectivity index (χ0n) is 14.4. The van der Waals surface area contributed by atoms with Crippen molar-refractivity contribution < 1.29 is 24.2 Å². The van der Waals surface area contributed by atoms with E-state index in [1.54, 1.807) is 12.1 Å². The monoisotopic (exact) mass is 344 g/mol. The number of hydrogen-bond acceptors (Lipinski definition) is 5. The molecule has 0 aromatic heterocycles. The van der Waals surface area contributed by atoms with E-state index in [0.29, 0.717) is 19.3 Å². The highest BCUT2D eigenvalue weighted by Crippen LogP contribution is 2.29. The molecular weight excluding hydrogens is 322 g/mol. The van der Waals surface area contributed by atoms with Crippen LogP contribution in [0.15, 0.2) is 36.4 Å². The Morgan fingerprint density at radius 1 is 1.20 bits per heavy atom. The van der Waals surface area contributed by atoms with Crippen molar-refractivity contribution in [1.82, 2.24) is 0 Å². The summed E-state index contributed by atoms with van der Waals surface area (Å²) in [6.07, 6.45) is 5.03. The Balaban J connectivity index is 2.15. The highest BCUT2D eigenvalue weighted by atomic mass is 16.5. The number of hydrogen-bond donors (Lipinski definition) is 1. The number of esters is 1. The van der Waals surface area contributed by atoms with Gasteiger partial charge in [0.2, 0.25) is 5.91 Å². The zero-order chi connectivity index (χ0) is 18.4. The molecule has 1 N–H and O–H groups in total. The molecule has 6 nitrogen and oxygen atoms in total. The molecule has 1 amide bonds. The lowest BCUT2D eigenvalue weighted by Crippen LogP contribution is -2.37. The molecule has 0 aliphatic heterocycles. The predicted molar refractivity (Wildman–Crippen MR) is 90.6 cm³/mol. The van der Waals surface area contributed by atoms with Gasteiger partial charge in [0.1, 0.15) is 0 Å². The molecule has 0 fully saturated rings. The Bertz CT molecular complexity index is 682. The van der Waals surface area contributed by atoms with E-state index in [1.165, 1.54) is 12.1 Å². The summed E-state index contributed by atoms with van der Waals surface area (Å²) in [4.78, 5) is 36.2. The third kappa shape index (κ3) is 4.68. The summed E-state index contributed by atoms with van der Waals surface area (Å²) in [5.41, 5.74) is 0.0667. The third-order valence-corrected chi connectivity index (χ3v) is 4.37. The summed E-state index contributed by atoms with van der Waals surface area (Å²) in [5.74, 6) is -3.34. The lowest BCUT2D eigenvalue weighted by atomic mass is 9.82. The van der Waals surface area contributed by atoms with Crippen LogP contribution in [0, 0.1) is 11.8 Å². The van der Waals surface area contributed by atoms with Crippen molar-refractivity contribution in [2.75, 3.05) is 5.32 Å². The molecule has 0 bridgehead atoms. The Hall–Kier alpha value is -2.63. The molecular formula is C19H22NO5-. The largest absolute Gasteiger partial charge is 0.545 e. The van der Waals surface area contributed by atoms with E-state index in [-0.39, 0.29) is 17.4 Å². The maximum absolute atomic E-state index is 12.6. The van der Waals surface area contributed by atoms with Crippen LogP contribution in [0.1, 0.15) is 43.5 Å². The molecule has 0 radical (unpaired) electrons. The van der Waals surface area contributed by atoms with Gasteiger partial charge in [-0.15, -0.1) is 0 Å². The first-order valence-corrected chi connectivity index (χ1v) is 8.40. The number of carboxylic acid groups (broad SMARTS) is 1. The van der Waals surface area contributed by atoms with Gasteiger partial charge in [0.25, 0.3) is 0 Å². The normalized spacial score (nSPS) is 20.6. The van der Waals surface area contributed by atoms with E-state index < -0.39 is 29.7 Å². The van der Waals surface area contributed by atoms with Gasteiger partial charge in [0, 0.05) is 11.3 Å². The second-order valence-corrected chi connectivity index (χ2v) is 6.13. The van der Waals surface area contributed by atoms with Crippen LogP contribution in [0.4, 0.5) is 5.69 Å². The standard InChI is InChI=1S/C19H23NO5/c1-3-12(2)25-19(24)14-9-5-4-8-13(14)17(21)20-16-11-7-6-10-15(16)18(22)23/h4-7,10-14H,3,8-9H2,1-2H3,(H,20,21)(H,22,23)/p-1/t12-,13-,14-/m0/s1. The zero-order valence-corrected chi connectivity index (χ0v) is 14.4. The molecule has 3 atom stereocenters. The van der Waals surface area contributed by atoms with Crippen molar-refractivity contribution in [3.63, 3.8) is 0 Å². The Kier molecular flexibility index (Phi) is 6.33. The van der Waals surface area contributed by atoms with E-state index in [4.69, 9.17) is 4.74 Å². The number of benzene rings is 1. The number of carbonyl (C=O) groups is 3. The van der Waals surface area contributed by atoms with Crippen LogP contribution in [-0.2, 0) is 14.3 Å². The highest BCUT2D eigenvalue weighted by molar-refractivity contribution is 6.01. The van der Waals surface area contributed by atoms with Crippen LogP contribution in [0.2, 0.25) is 0 Å². The Morgan fingerprint density at radius 2 is 1.84 bits per heavy atom. The molecule has 0 heterocycles. The molecule has 0 spiro atoms. The van der Waals surface area contributed by atoms with Gasteiger partial charge in [0.15, 0.2) is 0 Å². The van der Waals surface area contributed by atoms with Gasteiger partial charge in [-0.1, -0.05) is 37.3 Å². The topological polar surface area (TPSA) is 95.5 Å². The second-order valence-electron chi connectivity index (χ2n) is 6.13. The number of nitrogens with one attached hydrogen (secondary N) is 1. The number of carboxylic acids is 1. The number of amides is 1. The van der Waals surface area contributed by atoms with Gasteiger partial charge in [0.05, 0.1) is 23.9 Å². The Morgan fingerprint density at radius 3 is 2.48 bits per heavy atom. The highest BCUT2D eigenvalue weighted by Gasteiger charge is 2.35. The van der Waals surface area contributed by atoms with Crippen LogP contribution >= 0.6 is 0 Å². The lowest BCUT2D eigenvalue weighted by Gasteiger charge is -2.27.